The highest BCUT2D eigenvalue weighted by molar-refractivity contribution is 6.00. The molecule has 3 amide bonds. The summed E-state index contributed by atoms with van der Waals surface area (Å²) in [5, 5.41) is 12.6. The fourth-order valence-electron chi connectivity index (χ4n) is 2.52. The highest BCUT2D eigenvalue weighted by Gasteiger charge is 2.07. The van der Waals surface area contributed by atoms with E-state index in [0.717, 1.165) is 16.9 Å². The molecule has 27 heavy (non-hydrogen) atoms. The lowest BCUT2D eigenvalue weighted by molar-refractivity contribution is -0.115. The maximum Gasteiger partial charge on any atom is 0.323 e. The van der Waals surface area contributed by atoms with E-state index < -0.39 is 0 Å². The Hall–Kier alpha value is -3.61. The quantitative estimate of drug-likeness (QED) is 0.635. The van der Waals surface area contributed by atoms with Crippen LogP contribution >= 0.6 is 0 Å². The Kier molecular flexibility index (Phi) is 5.51. The van der Waals surface area contributed by atoms with E-state index >= 15 is 0 Å². The van der Waals surface area contributed by atoms with Crippen molar-refractivity contribution in [2.45, 2.75) is 20.3 Å². The lowest BCUT2D eigenvalue weighted by Crippen LogP contribution is -2.20. The molecule has 0 aliphatic heterocycles. The molecule has 0 unspecified atom stereocenters. The Morgan fingerprint density at radius 3 is 2.30 bits per heavy atom. The molecule has 0 aliphatic carbocycles. The first-order valence-corrected chi connectivity index (χ1v) is 8.63. The number of aryl methyl sites for hydroxylation is 1. The van der Waals surface area contributed by atoms with Crippen LogP contribution in [0.5, 0.6) is 0 Å². The van der Waals surface area contributed by atoms with E-state index in [4.69, 9.17) is 0 Å². The second kappa shape index (κ2) is 8.18. The molecule has 3 N–H and O–H groups in total. The van der Waals surface area contributed by atoms with Gasteiger partial charge in [0, 0.05) is 35.9 Å². The maximum atomic E-state index is 12.2. The van der Waals surface area contributed by atoms with E-state index in [-0.39, 0.29) is 11.9 Å². The Morgan fingerprint density at radius 2 is 1.70 bits per heavy atom. The zero-order valence-electron chi connectivity index (χ0n) is 15.2. The van der Waals surface area contributed by atoms with E-state index in [1.165, 1.54) is 0 Å². The Labute approximate surface area is 157 Å². The number of benzene rings is 2. The summed E-state index contributed by atoms with van der Waals surface area (Å²) in [4.78, 5) is 23.6. The van der Waals surface area contributed by atoms with E-state index in [0.29, 0.717) is 17.8 Å². The molecule has 138 valence electrons. The predicted molar refractivity (Wildman–Crippen MR) is 106 cm³/mol. The van der Waals surface area contributed by atoms with Crippen LogP contribution in [0.3, 0.4) is 0 Å². The van der Waals surface area contributed by atoms with Gasteiger partial charge in [0.2, 0.25) is 5.91 Å². The van der Waals surface area contributed by atoms with Crippen molar-refractivity contribution in [2.24, 2.45) is 0 Å². The largest absolute Gasteiger partial charge is 0.326 e. The molecule has 0 atom stereocenters. The second-order valence-electron chi connectivity index (χ2n) is 6.01. The van der Waals surface area contributed by atoms with Crippen molar-refractivity contribution in [2.75, 3.05) is 16.0 Å². The molecule has 0 radical (unpaired) electrons. The molecule has 3 aromatic rings. The van der Waals surface area contributed by atoms with Crippen LogP contribution in [-0.2, 0) is 4.79 Å². The number of anilines is 3. The van der Waals surface area contributed by atoms with E-state index in [9.17, 15) is 9.59 Å². The molecule has 2 aromatic carbocycles. The smallest absolute Gasteiger partial charge is 0.323 e. The molecular formula is C20H21N5O2. The van der Waals surface area contributed by atoms with Crippen LogP contribution in [0, 0.1) is 6.92 Å². The minimum Gasteiger partial charge on any atom is -0.326 e. The average molecular weight is 363 g/mol. The zero-order chi connectivity index (χ0) is 19.2. The van der Waals surface area contributed by atoms with Crippen LogP contribution in [0.2, 0.25) is 0 Å². The summed E-state index contributed by atoms with van der Waals surface area (Å²) in [6.45, 7) is 3.72. The molecule has 7 heteroatoms. The Morgan fingerprint density at radius 1 is 1.00 bits per heavy atom. The standard InChI is InChI=1S/C20H21N5O2/c1-3-19(26)22-15-5-7-16(8-6-15)23-20(27)24-18-10-9-17(13-14(18)2)25-12-4-11-21-25/h4-13H,3H2,1-2H3,(H,22,26)(H2,23,24,27). The summed E-state index contributed by atoms with van der Waals surface area (Å²) >= 11 is 0. The molecule has 0 spiro atoms. The third-order valence-electron chi connectivity index (χ3n) is 3.97. The third-order valence-corrected chi connectivity index (χ3v) is 3.97. The number of aromatic nitrogens is 2. The highest BCUT2D eigenvalue weighted by atomic mass is 16.2. The molecule has 0 aliphatic rings. The van der Waals surface area contributed by atoms with Gasteiger partial charge in [-0.25, -0.2) is 9.48 Å². The lowest BCUT2D eigenvalue weighted by Gasteiger charge is -2.12. The van der Waals surface area contributed by atoms with Crippen LogP contribution in [-0.4, -0.2) is 21.7 Å². The van der Waals surface area contributed by atoms with Gasteiger partial charge in [0.25, 0.3) is 0 Å². The van der Waals surface area contributed by atoms with Crippen molar-refractivity contribution < 1.29 is 9.59 Å². The van der Waals surface area contributed by atoms with Crippen LogP contribution in [0.4, 0.5) is 21.9 Å². The second-order valence-corrected chi connectivity index (χ2v) is 6.01. The molecule has 0 bridgehead atoms. The minimum atomic E-state index is -0.338. The number of hydrogen-bond acceptors (Lipinski definition) is 3. The molecule has 0 saturated carbocycles. The summed E-state index contributed by atoms with van der Waals surface area (Å²) < 4.78 is 1.76. The number of urea groups is 1. The Balaban J connectivity index is 1.61. The molecule has 7 nitrogen and oxygen atoms in total. The Bertz CT molecular complexity index is 934. The fourth-order valence-corrected chi connectivity index (χ4v) is 2.52. The summed E-state index contributed by atoms with van der Waals surface area (Å²) in [5.41, 5.74) is 3.89. The molecule has 0 fully saturated rings. The normalized spacial score (nSPS) is 10.3. The monoisotopic (exact) mass is 363 g/mol. The zero-order valence-corrected chi connectivity index (χ0v) is 15.2. The van der Waals surface area contributed by atoms with Crippen LogP contribution < -0.4 is 16.0 Å². The van der Waals surface area contributed by atoms with Gasteiger partial charge < -0.3 is 16.0 Å². The number of nitrogens with one attached hydrogen (secondary N) is 3. The van der Waals surface area contributed by atoms with Gasteiger partial charge in [0.15, 0.2) is 0 Å². The fraction of sp³-hybridized carbons (Fsp3) is 0.150. The minimum absolute atomic E-state index is 0.0533. The highest BCUT2D eigenvalue weighted by Crippen LogP contribution is 2.19. The van der Waals surface area contributed by atoms with Crippen LogP contribution in [0.25, 0.3) is 5.69 Å². The topological polar surface area (TPSA) is 88.0 Å². The molecule has 1 aromatic heterocycles. The lowest BCUT2D eigenvalue weighted by atomic mass is 10.2. The van der Waals surface area contributed by atoms with Gasteiger partial charge in [-0.2, -0.15) is 5.10 Å². The molecule has 3 rings (SSSR count). The van der Waals surface area contributed by atoms with Gasteiger partial charge in [-0.05, 0) is 61.0 Å². The van der Waals surface area contributed by atoms with Crippen molar-refractivity contribution in [1.82, 2.24) is 9.78 Å². The van der Waals surface area contributed by atoms with Gasteiger partial charge in [0.1, 0.15) is 0 Å². The number of amides is 3. The van der Waals surface area contributed by atoms with Crippen molar-refractivity contribution >= 4 is 29.0 Å². The van der Waals surface area contributed by atoms with Crippen molar-refractivity contribution in [3.8, 4) is 5.69 Å². The maximum absolute atomic E-state index is 12.2. The molecular weight excluding hydrogens is 342 g/mol. The summed E-state index contributed by atoms with van der Waals surface area (Å²) in [6.07, 6.45) is 4.00. The van der Waals surface area contributed by atoms with E-state index in [2.05, 4.69) is 21.0 Å². The average Bonchev–Trinajstić information content (AvgIpc) is 3.19. The first-order valence-electron chi connectivity index (χ1n) is 8.63. The summed E-state index contributed by atoms with van der Waals surface area (Å²) in [5.74, 6) is -0.0533. The van der Waals surface area contributed by atoms with E-state index in [1.807, 2.05) is 37.4 Å². The van der Waals surface area contributed by atoms with Gasteiger partial charge in [-0.1, -0.05) is 6.92 Å². The van der Waals surface area contributed by atoms with Crippen molar-refractivity contribution in [3.63, 3.8) is 0 Å². The van der Waals surface area contributed by atoms with Gasteiger partial charge in [-0.15, -0.1) is 0 Å². The number of carbonyl (C=O) groups is 2. The van der Waals surface area contributed by atoms with Crippen molar-refractivity contribution in [3.05, 3.63) is 66.5 Å². The van der Waals surface area contributed by atoms with Crippen LogP contribution in [0.15, 0.2) is 60.9 Å². The molecule has 0 saturated heterocycles. The SMILES string of the molecule is CCC(=O)Nc1ccc(NC(=O)Nc2ccc(-n3cccn3)cc2C)cc1. The van der Waals surface area contributed by atoms with Crippen molar-refractivity contribution in [1.29, 1.82) is 0 Å². The first-order chi connectivity index (χ1) is 13.0. The summed E-state index contributed by atoms with van der Waals surface area (Å²) in [7, 11) is 0. The van der Waals surface area contributed by atoms with Gasteiger partial charge >= 0.3 is 6.03 Å². The molecule has 1 heterocycles. The summed E-state index contributed by atoms with van der Waals surface area (Å²) in [6, 6.07) is 14.2. The first kappa shape index (κ1) is 18.2. The number of hydrogen-bond donors (Lipinski definition) is 3. The predicted octanol–water partition coefficient (Wildman–Crippen LogP) is 4.17. The van der Waals surface area contributed by atoms with Crippen LogP contribution in [0.1, 0.15) is 18.9 Å². The van der Waals surface area contributed by atoms with E-state index in [1.54, 1.807) is 42.1 Å². The van der Waals surface area contributed by atoms with Gasteiger partial charge in [-0.3, -0.25) is 4.79 Å². The number of nitrogens with zero attached hydrogens (tertiary/aromatic N) is 2. The third kappa shape index (κ3) is 4.72. The number of rotatable bonds is 5. The van der Waals surface area contributed by atoms with Gasteiger partial charge in [0.05, 0.1) is 5.69 Å². The number of carbonyl (C=O) groups excluding carboxylic acids is 2.